The molecule has 6 rings (SSSR count). The third-order valence-corrected chi connectivity index (χ3v) is 10.2. The van der Waals surface area contributed by atoms with Crippen LogP contribution in [-0.2, 0) is 9.53 Å². The summed E-state index contributed by atoms with van der Waals surface area (Å²) in [5.74, 6) is 0.556. The summed E-state index contributed by atoms with van der Waals surface area (Å²) in [4.78, 5) is 34.5. The van der Waals surface area contributed by atoms with Gasteiger partial charge >= 0.3 is 5.97 Å². The molecule has 50 heavy (non-hydrogen) atoms. The highest BCUT2D eigenvalue weighted by atomic mass is 32.2. The molecule has 0 fully saturated rings. The Balaban J connectivity index is 1.49. The Labute approximate surface area is 300 Å². The Kier molecular flexibility index (Phi) is 10.9. The average molecular weight is 707 g/mol. The first kappa shape index (κ1) is 35.2. The molecule has 0 saturated carbocycles. The van der Waals surface area contributed by atoms with Crippen LogP contribution in [0, 0.1) is 12.8 Å². The van der Waals surface area contributed by atoms with Gasteiger partial charge in [0.1, 0.15) is 11.4 Å². The fourth-order valence-electron chi connectivity index (χ4n) is 5.86. The Morgan fingerprint density at radius 1 is 1.06 bits per heavy atom. The summed E-state index contributed by atoms with van der Waals surface area (Å²) < 4.78 is 15.7. The highest BCUT2D eigenvalue weighted by Crippen LogP contribution is 2.33. The molecule has 3 aromatic carbocycles. The predicted octanol–water partition coefficient (Wildman–Crippen LogP) is 7.50. The van der Waals surface area contributed by atoms with Crippen LogP contribution in [-0.4, -0.2) is 39.8 Å². The van der Waals surface area contributed by atoms with E-state index in [-0.39, 0.29) is 18.1 Å². The molecule has 1 unspecified atom stereocenters. The molecule has 1 atom stereocenters. The van der Waals surface area contributed by atoms with Gasteiger partial charge in [0.25, 0.3) is 5.56 Å². The number of allylic oxidation sites excluding steroid dienone is 1. The van der Waals surface area contributed by atoms with Gasteiger partial charge in [-0.1, -0.05) is 68.9 Å². The smallest absolute Gasteiger partial charge is 0.338 e. The number of benzene rings is 3. The SMILES string of the molecule is CCCCOc1ccc(-c2nn(-c3ccccc3)cc2C=c2sc3n(c2=O)C(c2ccc(SC)cc2)C(C(=O)OCC(C)C)=C(C)N=3)cc1C. The summed E-state index contributed by atoms with van der Waals surface area (Å²) in [6.07, 6.45) is 7.91. The van der Waals surface area contributed by atoms with Crippen molar-refractivity contribution in [1.82, 2.24) is 14.3 Å². The molecule has 1 aliphatic rings. The van der Waals surface area contributed by atoms with Crippen molar-refractivity contribution in [1.29, 1.82) is 0 Å². The lowest BCUT2D eigenvalue weighted by molar-refractivity contribution is -0.140. The number of nitrogens with zero attached hydrogens (tertiary/aromatic N) is 4. The number of aromatic nitrogens is 3. The molecule has 0 amide bonds. The van der Waals surface area contributed by atoms with Gasteiger partial charge in [0.15, 0.2) is 4.80 Å². The molecule has 0 saturated heterocycles. The van der Waals surface area contributed by atoms with Gasteiger partial charge in [-0.15, -0.1) is 11.8 Å². The molecule has 10 heteroatoms. The standard InChI is InChI=1S/C40H42N4O4S2/c1-7-8-20-47-33-19-16-29(21-26(33)4)36-30(23-43(42-36)31-12-10-9-11-13-31)22-34-38(45)44-37(28-14-17-32(49-6)18-15-28)35(27(5)41-40(44)50-34)39(46)48-24-25(2)3/h9-19,21-23,25,37H,7-8,20,24H2,1-6H3. The third-order valence-electron chi connectivity index (χ3n) is 8.47. The number of aryl methyl sites for hydroxylation is 1. The maximum Gasteiger partial charge on any atom is 0.338 e. The number of hydrogen-bond donors (Lipinski definition) is 0. The molecule has 3 heterocycles. The molecule has 1 aliphatic heterocycles. The molecular formula is C40H42N4O4S2. The second kappa shape index (κ2) is 15.5. The number of para-hydroxylation sites is 1. The minimum atomic E-state index is -0.682. The van der Waals surface area contributed by atoms with Crippen molar-refractivity contribution in [3.63, 3.8) is 0 Å². The number of hydrogen-bond acceptors (Lipinski definition) is 8. The molecule has 8 nitrogen and oxygen atoms in total. The summed E-state index contributed by atoms with van der Waals surface area (Å²) in [7, 11) is 0. The van der Waals surface area contributed by atoms with Gasteiger partial charge in [-0.05, 0) is 92.1 Å². The van der Waals surface area contributed by atoms with Crippen LogP contribution in [0.5, 0.6) is 5.75 Å². The fraction of sp³-hybridized carbons (Fsp3) is 0.300. The first-order valence-corrected chi connectivity index (χ1v) is 18.9. The minimum Gasteiger partial charge on any atom is -0.493 e. The van der Waals surface area contributed by atoms with E-state index in [0.29, 0.717) is 27.2 Å². The normalized spacial score (nSPS) is 14.5. The van der Waals surface area contributed by atoms with E-state index < -0.39 is 12.0 Å². The zero-order chi connectivity index (χ0) is 35.4. The van der Waals surface area contributed by atoms with Crippen LogP contribution in [0.1, 0.15) is 63.3 Å². The van der Waals surface area contributed by atoms with Crippen molar-refractivity contribution in [2.75, 3.05) is 19.5 Å². The number of ether oxygens (including phenoxy) is 2. The van der Waals surface area contributed by atoms with Gasteiger partial charge in [0.2, 0.25) is 0 Å². The van der Waals surface area contributed by atoms with E-state index in [0.717, 1.165) is 57.1 Å². The van der Waals surface area contributed by atoms with Gasteiger partial charge < -0.3 is 9.47 Å². The zero-order valence-corrected chi connectivity index (χ0v) is 30.9. The van der Waals surface area contributed by atoms with Crippen LogP contribution in [0.3, 0.4) is 0 Å². The maximum atomic E-state index is 14.5. The topological polar surface area (TPSA) is 87.7 Å². The minimum absolute atomic E-state index is 0.167. The van der Waals surface area contributed by atoms with Crippen LogP contribution in [0.4, 0.5) is 0 Å². The van der Waals surface area contributed by atoms with Crippen LogP contribution in [0.2, 0.25) is 0 Å². The highest BCUT2D eigenvalue weighted by molar-refractivity contribution is 7.98. The van der Waals surface area contributed by atoms with Gasteiger partial charge in [-0.2, -0.15) is 5.10 Å². The van der Waals surface area contributed by atoms with Crippen LogP contribution >= 0.6 is 23.1 Å². The van der Waals surface area contributed by atoms with Crippen LogP contribution in [0.15, 0.2) is 105 Å². The second-order valence-corrected chi connectivity index (χ2v) is 14.6. The zero-order valence-electron chi connectivity index (χ0n) is 29.3. The molecule has 0 radical (unpaired) electrons. The van der Waals surface area contributed by atoms with Gasteiger partial charge in [0.05, 0.1) is 40.7 Å². The number of unbranched alkanes of at least 4 members (excludes halogenated alkanes) is 1. The monoisotopic (exact) mass is 706 g/mol. The number of thioether (sulfide) groups is 1. The van der Waals surface area contributed by atoms with E-state index >= 15 is 0 Å². The summed E-state index contributed by atoms with van der Waals surface area (Å²) >= 11 is 2.94. The van der Waals surface area contributed by atoms with E-state index in [1.807, 2.05) is 118 Å². The van der Waals surface area contributed by atoms with Gasteiger partial charge in [-0.25, -0.2) is 14.5 Å². The van der Waals surface area contributed by atoms with Crippen molar-refractivity contribution in [2.24, 2.45) is 10.9 Å². The summed E-state index contributed by atoms with van der Waals surface area (Å²) in [6, 6.07) is 23.3. The van der Waals surface area contributed by atoms with Gasteiger partial charge in [0, 0.05) is 22.2 Å². The van der Waals surface area contributed by atoms with Crippen molar-refractivity contribution in [3.05, 3.63) is 127 Å². The second-order valence-electron chi connectivity index (χ2n) is 12.7. The number of thiazole rings is 1. The molecule has 258 valence electrons. The lowest BCUT2D eigenvalue weighted by Crippen LogP contribution is -2.40. The first-order valence-electron chi connectivity index (χ1n) is 16.9. The maximum absolute atomic E-state index is 14.5. The molecule has 5 aromatic rings. The Hall–Kier alpha value is -4.67. The van der Waals surface area contributed by atoms with E-state index in [2.05, 4.69) is 13.0 Å². The molecule has 0 spiro atoms. The van der Waals surface area contributed by atoms with Crippen LogP contribution < -0.4 is 19.6 Å². The predicted molar refractivity (Wildman–Crippen MR) is 202 cm³/mol. The van der Waals surface area contributed by atoms with Crippen molar-refractivity contribution in [2.45, 2.75) is 58.4 Å². The molecule has 0 bridgehead atoms. The summed E-state index contributed by atoms with van der Waals surface area (Å²) in [5, 5.41) is 5.01. The van der Waals surface area contributed by atoms with E-state index in [9.17, 15) is 9.59 Å². The summed E-state index contributed by atoms with van der Waals surface area (Å²) in [6.45, 7) is 10.9. The lowest BCUT2D eigenvalue weighted by Gasteiger charge is -2.25. The van der Waals surface area contributed by atoms with Gasteiger partial charge in [-0.3, -0.25) is 9.36 Å². The number of carbonyl (C=O) groups excluding carboxylic acids is 1. The number of fused-ring (bicyclic) bond motifs is 1. The first-order chi connectivity index (χ1) is 24.2. The highest BCUT2D eigenvalue weighted by Gasteiger charge is 2.33. The number of rotatable bonds is 12. The lowest BCUT2D eigenvalue weighted by atomic mass is 9.96. The molecule has 2 aromatic heterocycles. The van der Waals surface area contributed by atoms with Crippen molar-refractivity contribution >= 4 is 35.1 Å². The molecule has 0 aliphatic carbocycles. The Morgan fingerprint density at radius 2 is 1.82 bits per heavy atom. The van der Waals surface area contributed by atoms with Crippen LogP contribution in [0.25, 0.3) is 23.0 Å². The molecule has 0 N–H and O–H groups in total. The van der Waals surface area contributed by atoms with E-state index in [4.69, 9.17) is 19.6 Å². The third kappa shape index (κ3) is 7.41. The van der Waals surface area contributed by atoms with Crippen molar-refractivity contribution < 1.29 is 14.3 Å². The number of carbonyl (C=O) groups is 1. The average Bonchev–Trinajstić information content (AvgIpc) is 3.68. The molecular weight excluding hydrogens is 665 g/mol. The fourth-order valence-corrected chi connectivity index (χ4v) is 7.31. The Bertz CT molecular complexity index is 2210. The Morgan fingerprint density at radius 3 is 2.50 bits per heavy atom. The summed E-state index contributed by atoms with van der Waals surface area (Å²) in [5.41, 5.74) is 5.84. The largest absolute Gasteiger partial charge is 0.493 e. The van der Waals surface area contributed by atoms with Crippen molar-refractivity contribution in [3.8, 4) is 22.7 Å². The van der Waals surface area contributed by atoms with E-state index in [1.54, 1.807) is 16.3 Å². The van der Waals surface area contributed by atoms with E-state index in [1.165, 1.54) is 11.3 Å². The quantitative estimate of drug-likeness (QED) is 0.0759. The number of esters is 1.